The minimum atomic E-state index is -0.162. The van der Waals surface area contributed by atoms with E-state index in [0.717, 1.165) is 6.42 Å². The minimum Gasteiger partial charge on any atom is -0.300 e. The van der Waals surface area contributed by atoms with Crippen molar-refractivity contribution in [3.8, 4) is 0 Å². The Morgan fingerprint density at radius 3 is 2.31 bits per heavy atom. The van der Waals surface area contributed by atoms with Crippen molar-refractivity contribution in [2.24, 2.45) is 5.84 Å². The second-order valence-corrected chi connectivity index (χ2v) is 3.26. The largest absolute Gasteiger partial charge is 0.300 e. The van der Waals surface area contributed by atoms with E-state index in [-0.39, 0.29) is 30.6 Å². The number of nitrogens with two attached hydrogens (primary N) is 1. The third-order valence-corrected chi connectivity index (χ3v) is 2.04. The summed E-state index contributed by atoms with van der Waals surface area (Å²) in [6, 6.07) is 0.0412. The van der Waals surface area contributed by atoms with E-state index in [9.17, 15) is 9.59 Å². The standard InChI is InChI=1S/C9H18N2O2/c1-4-7(2)11(10)9(13)6-5-8(3)12/h7H,4-6,10H2,1-3H3. The quantitative estimate of drug-likeness (QED) is 0.393. The lowest BCUT2D eigenvalue weighted by Gasteiger charge is -2.22. The van der Waals surface area contributed by atoms with E-state index in [1.165, 1.54) is 11.9 Å². The molecule has 0 radical (unpaired) electrons. The van der Waals surface area contributed by atoms with Gasteiger partial charge in [-0.2, -0.15) is 0 Å². The topological polar surface area (TPSA) is 63.4 Å². The number of hydrogen-bond acceptors (Lipinski definition) is 3. The summed E-state index contributed by atoms with van der Waals surface area (Å²) in [5, 5.41) is 1.21. The van der Waals surface area contributed by atoms with Crippen LogP contribution in [-0.2, 0) is 9.59 Å². The van der Waals surface area contributed by atoms with Gasteiger partial charge in [0, 0.05) is 18.9 Å². The molecule has 0 rings (SSSR count). The van der Waals surface area contributed by atoms with Gasteiger partial charge in [-0.25, -0.2) is 5.84 Å². The molecule has 1 atom stereocenters. The van der Waals surface area contributed by atoms with E-state index in [2.05, 4.69) is 0 Å². The molecule has 0 bridgehead atoms. The van der Waals surface area contributed by atoms with Crippen LogP contribution in [0, 0.1) is 0 Å². The molecule has 0 aromatic carbocycles. The first-order valence-corrected chi connectivity index (χ1v) is 4.55. The Morgan fingerprint density at radius 1 is 1.38 bits per heavy atom. The zero-order valence-corrected chi connectivity index (χ0v) is 8.54. The molecule has 1 amide bonds. The van der Waals surface area contributed by atoms with Crippen molar-refractivity contribution in [1.29, 1.82) is 0 Å². The first kappa shape index (κ1) is 12.1. The Hall–Kier alpha value is -0.900. The van der Waals surface area contributed by atoms with Crippen LogP contribution in [0.15, 0.2) is 0 Å². The van der Waals surface area contributed by atoms with Gasteiger partial charge in [0.1, 0.15) is 5.78 Å². The van der Waals surface area contributed by atoms with Gasteiger partial charge in [-0.05, 0) is 20.3 Å². The van der Waals surface area contributed by atoms with Crippen LogP contribution in [0.4, 0.5) is 0 Å². The van der Waals surface area contributed by atoms with Gasteiger partial charge >= 0.3 is 0 Å². The number of carbonyl (C=O) groups is 2. The number of carbonyl (C=O) groups excluding carboxylic acids is 2. The maximum Gasteiger partial charge on any atom is 0.237 e. The zero-order valence-electron chi connectivity index (χ0n) is 8.54. The molecule has 0 saturated heterocycles. The van der Waals surface area contributed by atoms with Gasteiger partial charge < -0.3 is 4.79 Å². The molecule has 0 fully saturated rings. The van der Waals surface area contributed by atoms with Crippen molar-refractivity contribution in [2.45, 2.75) is 46.1 Å². The van der Waals surface area contributed by atoms with Gasteiger partial charge in [-0.15, -0.1) is 0 Å². The Bertz CT molecular complexity index is 192. The fourth-order valence-electron chi connectivity index (χ4n) is 0.855. The van der Waals surface area contributed by atoms with Crippen LogP contribution >= 0.6 is 0 Å². The molecule has 0 aliphatic heterocycles. The van der Waals surface area contributed by atoms with Gasteiger partial charge in [0.05, 0.1) is 0 Å². The number of Topliss-reactive ketones (excluding diaryl/α,β-unsaturated/α-hetero) is 1. The van der Waals surface area contributed by atoms with E-state index >= 15 is 0 Å². The second kappa shape index (κ2) is 5.70. The molecule has 76 valence electrons. The monoisotopic (exact) mass is 186 g/mol. The molecule has 0 aliphatic rings. The maximum absolute atomic E-state index is 11.3. The lowest BCUT2D eigenvalue weighted by atomic mass is 10.2. The summed E-state index contributed by atoms with van der Waals surface area (Å²) < 4.78 is 0. The van der Waals surface area contributed by atoms with Crippen LogP contribution in [-0.4, -0.2) is 22.7 Å². The summed E-state index contributed by atoms with van der Waals surface area (Å²) in [5.41, 5.74) is 0. The Balaban J connectivity index is 3.89. The summed E-state index contributed by atoms with van der Waals surface area (Å²) >= 11 is 0. The van der Waals surface area contributed by atoms with Crippen molar-refractivity contribution in [2.75, 3.05) is 0 Å². The van der Waals surface area contributed by atoms with Crippen LogP contribution in [0.3, 0.4) is 0 Å². The van der Waals surface area contributed by atoms with Crippen LogP contribution in [0.25, 0.3) is 0 Å². The van der Waals surface area contributed by atoms with Crippen LogP contribution in [0.2, 0.25) is 0 Å². The number of amides is 1. The highest BCUT2D eigenvalue weighted by molar-refractivity contribution is 5.83. The van der Waals surface area contributed by atoms with Crippen LogP contribution in [0.1, 0.15) is 40.0 Å². The molecule has 4 heteroatoms. The van der Waals surface area contributed by atoms with Gasteiger partial charge in [0.15, 0.2) is 0 Å². The van der Waals surface area contributed by atoms with E-state index in [4.69, 9.17) is 5.84 Å². The minimum absolute atomic E-state index is 0.0194. The van der Waals surface area contributed by atoms with Crippen LogP contribution < -0.4 is 5.84 Å². The van der Waals surface area contributed by atoms with Crippen molar-refractivity contribution >= 4 is 11.7 Å². The lowest BCUT2D eigenvalue weighted by molar-refractivity contribution is -0.135. The first-order valence-electron chi connectivity index (χ1n) is 4.55. The molecule has 0 spiro atoms. The molecule has 4 nitrogen and oxygen atoms in total. The number of ketones is 1. The molecule has 13 heavy (non-hydrogen) atoms. The molecule has 0 heterocycles. The number of rotatable bonds is 5. The van der Waals surface area contributed by atoms with Crippen molar-refractivity contribution < 1.29 is 9.59 Å². The number of nitrogens with zero attached hydrogens (tertiary/aromatic N) is 1. The molecular weight excluding hydrogens is 168 g/mol. The smallest absolute Gasteiger partial charge is 0.237 e. The average Bonchev–Trinajstić information content (AvgIpc) is 2.11. The van der Waals surface area contributed by atoms with Crippen molar-refractivity contribution in [1.82, 2.24) is 5.01 Å². The van der Waals surface area contributed by atoms with Crippen molar-refractivity contribution in [3.63, 3.8) is 0 Å². The SMILES string of the molecule is CCC(C)N(N)C(=O)CCC(C)=O. The van der Waals surface area contributed by atoms with E-state index in [0.29, 0.717) is 0 Å². The summed E-state index contributed by atoms with van der Waals surface area (Å²) in [5.74, 6) is 5.39. The molecule has 0 saturated carbocycles. The molecular formula is C9H18N2O2. The number of hydrazine groups is 1. The van der Waals surface area contributed by atoms with Gasteiger partial charge in [0.2, 0.25) is 5.91 Å². The lowest BCUT2D eigenvalue weighted by Crippen LogP contribution is -2.43. The molecule has 2 N–H and O–H groups in total. The predicted octanol–water partition coefficient (Wildman–Crippen LogP) is 0.856. The predicted molar refractivity (Wildman–Crippen MR) is 50.7 cm³/mol. The maximum atomic E-state index is 11.3. The first-order chi connectivity index (χ1) is 5.99. The Morgan fingerprint density at radius 2 is 1.92 bits per heavy atom. The van der Waals surface area contributed by atoms with E-state index in [1.807, 2.05) is 13.8 Å². The second-order valence-electron chi connectivity index (χ2n) is 3.26. The van der Waals surface area contributed by atoms with E-state index in [1.54, 1.807) is 0 Å². The average molecular weight is 186 g/mol. The normalized spacial score (nSPS) is 12.3. The van der Waals surface area contributed by atoms with Crippen LogP contribution in [0.5, 0.6) is 0 Å². The zero-order chi connectivity index (χ0) is 10.4. The van der Waals surface area contributed by atoms with Gasteiger partial charge in [-0.3, -0.25) is 9.80 Å². The van der Waals surface area contributed by atoms with Gasteiger partial charge in [-0.1, -0.05) is 6.92 Å². The fourth-order valence-corrected chi connectivity index (χ4v) is 0.855. The summed E-state index contributed by atoms with van der Waals surface area (Å²) in [6.45, 7) is 5.31. The third kappa shape index (κ3) is 4.62. The summed E-state index contributed by atoms with van der Waals surface area (Å²) in [7, 11) is 0. The summed E-state index contributed by atoms with van der Waals surface area (Å²) in [6.07, 6.45) is 1.32. The highest BCUT2D eigenvalue weighted by Crippen LogP contribution is 2.02. The van der Waals surface area contributed by atoms with Gasteiger partial charge in [0.25, 0.3) is 0 Å². The molecule has 1 unspecified atom stereocenters. The highest BCUT2D eigenvalue weighted by Gasteiger charge is 2.14. The van der Waals surface area contributed by atoms with Crippen molar-refractivity contribution in [3.05, 3.63) is 0 Å². The Labute approximate surface area is 79.1 Å². The highest BCUT2D eigenvalue weighted by atomic mass is 16.2. The third-order valence-electron chi connectivity index (χ3n) is 2.04. The molecule has 0 aromatic heterocycles. The Kier molecular flexibility index (Phi) is 5.30. The van der Waals surface area contributed by atoms with E-state index < -0.39 is 0 Å². The molecule has 0 aromatic rings. The molecule has 0 aliphatic carbocycles. The summed E-state index contributed by atoms with van der Waals surface area (Å²) in [4.78, 5) is 21.9. The fraction of sp³-hybridized carbons (Fsp3) is 0.778. The number of hydrogen-bond donors (Lipinski definition) is 1.